The zero-order valence-corrected chi connectivity index (χ0v) is 20.1. The second kappa shape index (κ2) is 8.58. The zero-order chi connectivity index (χ0) is 24.8. The molecular weight excluding hydrogens is 466 g/mol. The fraction of sp³-hybridized carbons (Fsp3) is 0.385. The van der Waals surface area contributed by atoms with Crippen LogP contribution < -0.4 is 15.4 Å². The van der Waals surface area contributed by atoms with Crippen LogP contribution in [0.2, 0.25) is 0 Å². The van der Waals surface area contributed by atoms with Gasteiger partial charge in [-0.25, -0.2) is 8.42 Å². The number of rotatable bonds is 8. The number of hydrogen-bond acceptors (Lipinski definition) is 6. The molecule has 1 saturated heterocycles. The van der Waals surface area contributed by atoms with Crippen molar-refractivity contribution in [2.45, 2.75) is 48.1 Å². The van der Waals surface area contributed by atoms with Crippen molar-refractivity contribution < 1.29 is 23.1 Å². The monoisotopic (exact) mass is 495 g/mol. The Bertz CT molecular complexity index is 1260. The lowest BCUT2D eigenvalue weighted by molar-refractivity contribution is -0.130. The Hall–Kier alpha value is -3.01. The minimum atomic E-state index is -3.73. The van der Waals surface area contributed by atoms with Crippen LogP contribution in [0.5, 0.6) is 0 Å². The Morgan fingerprint density at radius 1 is 1.03 bits per heavy atom. The van der Waals surface area contributed by atoms with E-state index in [0.717, 1.165) is 11.1 Å². The summed E-state index contributed by atoms with van der Waals surface area (Å²) < 4.78 is 26.7. The van der Waals surface area contributed by atoms with Gasteiger partial charge >= 0.3 is 0 Å². The van der Waals surface area contributed by atoms with Crippen LogP contribution in [0.25, 0.3) is 11.1 Å². The van der Waals surface area contributed by atoms with Gasteiger partial charge < -0.3 is 15.7 Å². The minimum absolute atomic E-state index is 0.125. The highest BCUT2D eigenvalue weighted by Crippen LogP contribution is 2.45. The molecular formula is C26H29N3O5S. The van der Waals surface area contributed by atoms with E-state index in [2.05, 4.69) is 21.9 Å². The molecule has 2 amide bonds. The third kappa shape index (κ3) is 4.51. The molecule has 2 aliphatic carbocycles. The Balaban J connectivity index is 1.26. The SMILES string of the molecule is C=C[C@@H]1C[C@]1(NC(=O)[C@@H]1C[C@@](O)(c2ccc(-c3ccccc3)cc2)CN1)C(=O)NS(=O)(=O)C1CC1. The first-order chi connectivity index (χ1) is 16.7. The first kappa shape index (κ1) is 23.7. The van der Waals surface area contributed by atoms with E-state index in [4.69, 9.17) is 0 Å². The van der Waals surface area contributed by atoms with Crippen molar-refractivity contribution in [2.75, 3.05) is 6.54 Å². The Morgan fingerprint density at radius 2 is 1.69 bits per heavy atom. The summed E-state index contributed by atoms with van der Waals surface area (Å²) in [4.78, 5) is 26.0. The molecule has 4 N–H and O–H groups in total. The third-order valence-corrected chi connectivity index (χ3v) is 9.10. The van der Waals surface area contributed by atoms with Crippen molar-refractivity contribution in [3.8, 4) is 11.1 Å². The van der Waals surface area contributed by atoms with Gasteiger partial charge in [0.25, 0.3) is 5.91 Å². The van der Waals surface area contributed by atoms with Gasteiger partial charge in [-0.3, -0.25) is 14.3 Å². The number of hydrogen-bond donors (Lipinski definition) is 4. The van der Waals surface area contributed by atoms with Crippen molar-refractivity contribution in [1.82, 2.24) is 15.4 Å². The first-order valence-corrected chi connectivity index (χ1v) is 13.3. The van der Waals surface area contributed by atoms with Crippen molar-refractivity contribution in [3.05, 3.63) is 72.8 Å². The first-order valence-electron chi connectivity index (χ1n) is 11.8. The minimum Gasteiger partial charge on any atom is -0.384 e. The van der Waals surface area contributed by atoms with E-state index in [1.165, 1.54) is 0 Å². The van der Waals surface area contributed by atoms with Crippen molar-refractivity contribution >= 4 is 21.8 Å². The zero-order valence-electron chi connectivity index (χ0n) is 19.2. The summed E-state index contributed by atoms with van der Waals surface area (Å²) in [5.41, 5.74) is 0.209. The van der Waals surface area contributed by atoms with E-state index in [-0.39, 0.29) is 25.3 Å². The van der Waals surface area contributed by atoms with Crippen LogP contribution in [0.1, 0.15) is 31.2 Å². The molecule has 0 unspecified atom stereocenters. The molecule has 35 heavy (non-hydrogen) atoms. The molecule has 3 aliphatic rings. The van der Waals surface area contributed by atoms with Crippen LogP contribution in [0.15, 0.2) is 67.3 Å². The van der Waals surface area contributed by atoms with Crippen molar-refractivity contribution in [3.63, 3.8) is 0 Å². The predicted molar refractivity (Wildman–Crippen MR) is 131 cm³/mol. The van der Waals surface area contributed by atoms with Crippen LogP contribution in [-0.2, 0) is 25.2 Å². The molecule has 2 aromatic carbocycles. The number of carbonyl (C=O) groups excluding carboxylic acids is 2. The molecule has 5 rings (SSSR count). The molecule has 2 saturated carbocycles. The second-order valence-electron chi connectivity index (χ2n) is 9.80. The van der Waals surface area contributed by atoms with E-state index < -0.39 is 44.3 Å². The molecule has 0 bridgehead atoms. The molecule has 8 nitrogen and oxygen atoms in total. The highest BCUT2D eigenvalue weighted by Gasteiger charge is 2.61. The largest absolute Gasteiger partial charge is 0.384 e. The maximum Gasteiger partial charge on any atom is 0.259 e. The van der Waals surface area contributed by atoms with Gasteiger partial charge in [-0.2, -0.15) is 0 Å². The molecule has 184 valence electrons. The van der Waals surface area contributed by atoms with E-state index in [1.54, 1.807) is 6.08 Å². The molecule has 2 aromatic rings. The number of amides is 2. The number of β-amino-alcohol motifs (C(OH)–C–C–N with tert-alkyl or cyclic N) is 1. The molecule has 0 spiro atoms. The van der Waals surface area contributed by atoms with Gasteiger partial charge in [0.2, 0.25) is 15.9 Å². The number of carbonyl (C=O) groups is 2. The van der Waals surface area contributed by atoms with E-state index >= 15 is 0 Å². The van der Waals surface area contributed by atoms with Gasteiger partial charge in [0.05, 0.1) is 11.3 Å². The summed E-state index contributed by atoms with van der Waals surface area (Å²) in [6.07, 6.45) is 3.02. The van der Waals surface area contributed by atoms with Gasteiger partial charge in [0.1, 0.15) is 11.1 Å². The number of sulfonamides is 1. The summed E-state index contributed by atoms with van der Waals surface area (Å²) in [6.45, 7) is 3.88. The normalized spacial score (nSPS) is 29.9. The highest BCUT2D eigenvalue weighted by molar-refractivity contribution is 7.91. The Labute approximate surface area is 204 Å². The fourth-order valence-electron chi connectivity index (χ4n) is 4.81. The average Bonchev–Trinajstić information content (AvgIpc) is 3.77. The summed E-state index contributed by atoms with van der Waals surface area (Å²) in [5, 5.41) is 16.5. The van der Waals surface area contributed by atoms with Crippen LogP contribution in [0, 0.1) is 5.92 Å². The third-order valence-electron chi connectivity index (χ3n) is 7.28. The maximum atomic E-state index is 13.1. The van der Waals surface area contributed by atoms with Gasteiger partial charge in [-0.1, -0.05) is 60.7 Å². The summed E-state index contributed by atoms with van der Waals surface area (Å²) in [7, 11) is -3.73. The van der Waals surface area contributed by atoms with Gasteiger partial charge in [0, 0.05) is 18.9 Å². The standard InChI is InChI=1S/C26H29N3O5S/c1-2-19-14-26(19,24(31)29-35(33,34)21-12-13-21)28-23(30)22-15-25(32,16-27-22)20-10-8-18(9-11-20)17-6-4-3-5-7-17/h2-11,19,21-22,27,32H,1,12-16H2,(H,28,30)(H,29,31)/t19-,22+,25+,26-/m1/s1. The molecule has 9 heteroatoms. The van der Waals surface area contributed by atoms with Crippen molar-refractivity contribution in [2.24, 2.45) is 5.92 Å². The Morgan fingerprint density at radius 3 is 2.29 bits per heavy atom. The fourth-order valence-corrected chi connectivity index (χ4v) is 6.17. The molecule has 0 aromatic heterocycles. The topological polar surface area (TPSA) is 125 Å². The average molecular weight is 496 g/mol. The molecule has 1 heterocycles. The van der Waals surface area contributed by atoms with E-state index in [0.29, 0.717) is 18.4 Å². The van der Waals surface area contributed by atoms with Gasteiger partial charge in [-0.15, -0.1) is 6.58 Å². The lowest BCUT2D eigenvalue weighted by Gasteiger charge is -2.23. The number of benzene rings is 2. The highest BCUT2D eigenvalue weighted by atomic mass is 32.2. The second-order valence-corrected chi connectivity index (χ2v) is 11.8. The van der Waals surface area contributed by atoms with Crippen LogP contribution in [0.4, 0.5) is 0 Å². The molecule has 0 radical (unpaired) electrons. The van der Waals surface area contributed by atoms with Gasteiger partial charge in [0.15, 0.2) is 0 Å². The van der Waals surface area contributed by atoms with Crippen LogP contribution >= 0.6 is 0 Å². The molecule has 4 atom stereocenters. The maximum absolute atomic E-state index is 13.1. The van der Waals surface area contributed by atoms with E-state index in [9.17, 15) is 23.1 Å². The molecule has 1 aliphatic heterocycles. The number of nitrogens with one attached hydrogen (secondary N) is 3. The van der Waals surface area contributed by atoms with Crippen LogP contribution in [0.3, 0.4) is 0 Å². The molecule has 3 fully saturated rings. The summed E-state index contributed by atoms with van der Waals surface area (Å²) >= 11 is 0. The lowest BCUT2D eigenvalue weighted by atomic mass is 9.89. The van der Waals surface area contributed by atoms with Crippen molar-refractivity contribution in [1.29, 1.82) is 0 Å². The van der Waals surface area contributed by atoms with Gasteiger partial charge in [-0.05, 0) is 36.0 Å². The smallest absolute Gasteiger partial charge is 0.259 e. The summed E-state index contributed by atoms with van der Waals surface area (Å²) in [6, 6.07) is 16.8. The quantitative estimate of drug-likeness (QED) is 0.412. The Kier molecular flexibility index (Phi) is 5.82. The van der Waals surface area contributed by atoms with Crippen LogP contribution in [-0.4, -0.2) is 48.7 Å². The predicted octanol–water partition coefficient (Wildman–Crippen LogP) is 1.57. The lowest BCUT2D eigenvalue weighted by Crippen LogP contribution is -2.55. The van der Waals surface area contributed by atoms with E-state index in [1.807, 2.05) is 54.6 Å². The number of aliphatic hydroxyl groups is 1. The summed E-state index contributed by atoms with van der Waals surface area (Å²) in [5.74, 6) is -1.54.